The first-order valence-electron chi connectivity index (χ1n) is 8.62. The van der Waals surface area contributed by atoms with Crippen molar-refractivity contribution in [2.45, 2.75) is 0 Å². The number of rotatable bonds is 3. The van der Waals surface area contributed by atoms with Crippen molar-refractivity contribution in [3.05, 3.63) is 29.8 Å². The molecule has 2 saturated heterocycles. The van der Waals surface area contributed by atoms with Gasteiger partial charge in [0.1, 0.15) is 5.75 Å². The Morgan fingerprint density at radius 2 is 1.56 bits per heavy atom. The number of methoxy groups -OCH3 is 1. The average Bonchev–Trinajstić information content (AvgIpc) is 3.12. The van der Waals surface area contributed by atoms with E-state index < -0.39 is 0 Å². The molecule has 25 heavy (non-hydrogen) atoms. The lowest BCUT2D eigenvalue weighted by atomic mass is 10.1. The van der Waals surface area contributed by atoms with Crippen molar-refractivity contribution in [1.82, 2.24) is 15.1 Å². The summed E-state index contributed by atoms with van der Waals surface area (Å²) >= 11 is 0. The number of halogens is 1. The minimum Gasteiger partial charge on any atom is -0.497 e. The second kappa shape index (κ2) is 7.22. The highest BCUT2D eigenvalue weighted by Gasteiger charge is 2.57. The van der Waals surface area contributed by atoms with Crippen molar-refractivity contribution >= 4 is 24.2 Å². The molecule has 3 aliphatic rings. The van der Waals surface area contributed by atoms with Gasteiger partial charge in [0.15, 0.2) is 0 Å². The molecule has 2 aliphatic heterocycles. The first-order valence-corrected chi connectivity index (χ1v) is 8.62. The highest BCUT2D eigenvalue weighted by Crippen LogP contribution is 2.49. The zero-order valence-corrected chi connectivity index (χ0v) is 15.1. The zero-order valence-electron chi connectivity index (χ0n) is 14.3. The Bertz CT molecular complexity index is 633. The van der Waals surface area contributed by atoms with Crippen LogP contribution in [0.25, 0.3) is 0 Å². The smallest absolute Gasteiger partial charge is 0.253 e. The number of piperazine rings is 1. The van der Waals surface area contributed by atoms with Crippen molar-refractivity contribution < 1.29 is 14.3 Å². The number of nitrogens with one attached hydrogen (secondary N) is 1. The molecule has 0 radical (unpaired) electrons. The van der Waals surface area contributed by atoms with Gasteiger partial charge in [-0.1, -0.05) is 0 Å². The fourth-order valence-corrected chi connectivity index (χ4v) is 4.04. The molecule has 6 nitrogen and oxygen atoms in total. The average molecular weight is 366 g/mol. The molecule has 3 atom stereocenters. The summed E-state index contributed by atoms with van der Waals surface area (Å²) in [5, 5.41) is 3.33. The molecule has 136 valence electrons. The monoisotopic (exact) mass is 365 g/mol. The van der Waals surface area contributed by atoms with Crippen LogP contribution in [0.4, 0.5) is 0 Å². The van der Waals surface area contributed by atoms with Gasteiger partial charge in [0, 0.05) is 37.7 Å². The maximum Gasteiger partial charge on any atom is 0.253 e. The van der Waals surface area contributed by atoms with E-state index in [0.29, 0.717) is 49.5 Å². The molecule has 7 heteroatoms. The molecular weight excluding hydrogens is 342 g/mol. The Kier molecular flexibility index (Phi) is 5.20. The Morgan fingerprint density at radius 3 is 2.12 bits per heavy atom. The van der Waals surface area contributed by atoms with Crippen LogP contribution in [-0.2, 0) is 4.79 Å². The first kappa shape index (κ1) is 18.0. The summed E-state index contributed by atoms with van der Waals surface area (Å²) in [4.78, 5) is 28.9. The quantitative estimate of drug-likeness (QED) is 0.863. The second-order valence-corrected chi connectivity index (χ2v) is 6.86. The number of amides is 2. The van der Waals surface area contributed by atoms with Crippen LogP contribution in [0, 0.1) is 17.8 Å². The van der Waals surface area contributed by atoms with E-state index >= 15 is 0 Å². The molecule has 4 rings (SSSR count). The van der Waals surface area contributed by atoms with Gasteiger partial charge in [-0.25, -0.2) is 0 Å². The van der Waals surface area contributed by atoms with E-state index in [9.17, 15) is 9.59 Å². The highest BCUT2D eigenvalue weighted by molar-refractivity contribution is 5.94. The zero-order chi connectivity index (χ0) is 16.7. The van der Waals surface area contributed by atoms with E-state index in [1.807, 2.05) is 9.80 Å². The number of ether oxygens (including phenoxy) is 1. The predicted molar refractivity (Wildman–Crippen MR) is 96.1 cm³/mol. The summed E-state index contributed by atoms with van der Waals surface area (Å²) in [6.45, 7) is 4.47. The van der Waals surface area contributed by atoms with E-state index in [1.54, 1.807) is 31.4 Å². The molecule has 1 aliphatic carbocycles. The van der Waals surface area contributed by atoms with Gasteiger partial charge in [-0.3, -0.25) is 9.59 Å². The lowest BCUT2D eigenvalue weighted by Crippen LogP contribution is -2.51. The molecule has 1 saturated carbocycles. The maximum absolute atomic E-state index is 12.6. The molecular formula is C18H24ClN3O3. The number of carbonyl (C=O) groups excluding carboxylic acids is 2. The molecule has 0 aromatic heterocycles. The van der Waals surface area contributed by atoms with Gasteiger partial charge in [0.05, 0.1) is 7.11 Å². The SMILES string of the molecule is COc1ccc(C(=O)N2CCN(C(=O)C3[C@H]4CNC[C@@H]34)CC2)cc1.Cl. The molecule has 2 heterocycles. The third kappa shape index (κ3) is 3.33. The van der Waals surface area contributed by atoms with Gasteiger partial charge in [0.25, 0.3) is 5.91 Å². The number of benzene rings is 1. The fraction of sp³-hybridized carbons (Fsp3) is 0.556. The highest BCUT2D eigenvalue weighted by atomic mass is 35.5. The van der Waals surface area contributed by atoms with Gasteiger partial charge in [0.2, 0.25) is 5.91 Å². The van der Waals surface area contributed by atoms with Crippen LogP contribution in [0.1, 0.15) is 10.4 Å². The summed E-state index contributed by atoms with van der Waals surface area (Å²) in [6.07, 6.45) is 0. The van der Waals surface area contributed by atoms with E-state index in [4.69, 9.17) is 4.74 Å². The summed E-state index contributed by atoms with van der Waals surface area (Å²) in [6, 6.07) is 7.17. The van der Waals surface area contributed by atoms with Crippen LogP contribution in [0.15, 0.2) is 24.3 Å². The van der Waals surface area contributed by atoms with Crippen LogP contribution in [0.3, 0.4) is 0 Å². The number of carbonyl (C=O) groups is 2. The largest absolute Gasteiger partial charge is 0.497 e. The Balaban J connectivity index is 0.00000182. The van der Waals surface area contributed by atoms with Crippen molar-refractivity contribution in [2.75, 3.05) is 46.4 Å². The van der Waals surface area contributed by atoms with Crippen molar-refractivity contribution in [2.24, 2.45) is 17.8 Å². The number of fused-ring (bicyclic) bond motifs is 1. The number of nitrogens with zero attached hydrogens (tertiary/aromatic N) is 2. The fourth-order valence-electron chi connectivity index (χ4n) is 4.04. The molecule has 3 fully saturated rings. The van der Waals surface area contributed by atoms with Crippen LogP contribution < -0.4 is 10.1 Å². The third-order valence-corrected chi connectivity index (χ3v) is 5.59. The van der Waals surface area contributed by atoms with Crippen LogP contribution in [0.2, 0.25) is 0 Å². The Morgan fingerprint density at radius 1 is 1.00 bits per heavy atom. The summed E-state index contributed by atoms with van der Waals surface area (Å²) in [5.74, 6) is 2.40. The standard InChI is InChI=1S/C18H23N3O3.ClH/c1-24-13-4-2-12(3-5-13)17(22)20-6-8-21(9-7-20)18(23)16-14-10-19-11-15(14)16;/h2-5,14-16,19H,6-11H2,1H3;1H/t14-,15+,16?;. The molecule has 1 N–H and O–H groups in total. The second-order valence-electron chi connectivity index (χ2n) is 6.86. The van der Waals surface area contributed by atoms with Gasteiger partial charge >= 0.3 is 0 Å². The first-order chi connectivity index (χ1) is 11.7. The molecule has 2 amide bonds. The molecule has 1 unspecified atom stereocenters. The third-order valence-electron chi connectivity index (χ3n) is 5.59. The number of piperidine rings is 1. The summed E-state index contributed by atoms with van der Waals surface area (Å²) < 4.78 is 5.12. The Hall–Kier alpha value is -1.79. The minimum atomic E-state index is 0. The predicted octanol–water partition coefficient (Wildman–Crippen LogP) is 0.867. The maximum atomic E-state index is 12.6. The van der Waals surface area contributed by atoms with Gasteiger partial charge in [-0.05, 0) is 49.2 Å². The lowest BCUT2D eigenvalue weighted by Gasteiger charge is -2.35. The normalized spacial score (nSPS) is 27.3. The minimum absolute atomic E-state index is 0. The van der Waals surface area contributed by atoms with Gasteiger partial charge in [-0.15, -0.1) is 12.4 Å². The van der Waals surface area contributed by atoms with E-state index in [1.165, 1.54) is 0 Å². The molecule has 1 aromatic rings. The number of hydrogen-bond donors (Lipinski definition) is 1. The van der Waals surface area contributed by atoms with E-state index in [-0.39, 0.29) is 24.2 Å². The summed E-state index contributed by atoms with van der Waals surface area (Å²) in [5.41, 5.74) is 0.665. The van der Waals surface area contributed by atoms with E-state index in [2.05, 4.69) is 5.32 Å². The topological polar surface area (TPSA) is 61.9 Å². The number of hydrogen-bond acceptors (Lipinski definition) is 4. The molecule has 0 spiro atoms. The van der Waals surface area contributed by atoms with Crippen LogP contribution in [-0.4, -0.2) is 68.0 Å². The van der Waals surface area contributed by atoms with E-state index in [0.717, 1.165) is 18.8 Å². The van der Waals surface area contributed by atoms with Crippen LogP contribution in [0.5, 0.6) is 5.75 Å². The van der Waals surface area contributed by atoms with Crippen molar-refractivity contribution in [3.63, 3.8) is 0 Å². The molecule has 0 bridgehead atoms. The lowest BCUT2D eigenvalue weighted by molar-refractivity contribution is -0.134. The van der Waals surface area contributed by atoms with Gasteiger partial charge in [-0.2, -0.15) is 0 Å². The van der Waals surface area contributed by atoms with Gasteiger partial charge < -0.3 is 19.9 Å². The van der Waals surface area contributed by atoms with Crippen LogP contribution >= 0.6 is 12.4 Å². The Labute approximate surface area is 153 Å². The molecule has 1 aromatic carbocycles. The summed E-state index contributed by atoms with van der Waals surface area (Å²) in [7, 11) is 1.61. The van der Waals surface area contributed by atoms with Crippen molar-refractivity contribution in [1.29, 1.82) is 0 Å². The van der Waals surface area contributed by atoms with Crippen molar-refractivity contribution in [3.8, 4) is 5.75 Å².